The van der Waals surface area contributed by atoms with E-state index in [1.807, 2.05) is 49.4 Å². The molecule has 2 aliphatic heterocycles. The van der Waals surface area contributed by atoms with E-state index in [0.29, 0.717) is 23.0 Å². The summed E-state index contributed by atoms with van der Waals surface area (Å²) in [6.45, 7) is 2.18. The van der Waals surface area contributed by atoms with Crippen molar-refractivity contribution < 1.29 is 14.3 Å². The molecule has 27 heavy (non-hydrogen) atoms. The molecule has 0 radical (unpaired) electrons. The fraction of sp³-hybridized carbons (Fsp3) is 0.200. The minimum absolute atomic E-state index is 0.0478. The first kappa shape index (κ1) is 16.2. The van der Waals surface area contributed by atoms with E-state index in [1.54, 1.807) is 4.68 Å². The van der Waals surface area contributed by atoms with E-state index in [9.17, 15) is 4.79 Å². The molecule has 136 valence electrons. The maximum atomic E-state index is 12.5. The molecule has 3 heterocycles. The lowest BCUT2D eigenvalue weighted by Crippen LogP contribution is -2.24. The van der Waals surface area contributed by atoms with Crippen LogP contribution < -0.4 is 14.8 Å². The minimum atomic E-state index is -0.101. The molecule has 2 aromatic carbocycles. The van der Waals surface area contributed by atoms with E-state index in [-0.39, 0.29) is 18.6 Å². The number of nitrogens with zero attached hydrogens (tertiary/aromatic N) is 2. The van der Waals surface area contributed by atoms with Crippen LogP contribution in [0.1, 0.15) is 29.2 Å². The highest BCUT2D eigenvalue weighted by molar-refractivity contribution is 6.30. The maximum Gasteiger partial charge on any atom is 0.231 e. The van der Waals surface area contributed by atoms with E-state index in [1.165, 1.54) is 0 Å². The Morgan fingerprint density at radius 1 is 1.19 bits per heavy atom. The second-order valence-corrected chi connectivity index (χ2v) is 7.09. The van der Waals surface area contributed by atoms with Crippen molar-refractivity contribution in [3.63, 3.8) is 0 Å². The van der Waals surface area contributed by atoms with E-state index < -0.39 is 0 Å². The number of ether oxygens (including phenoxy) is 2. The molecule has 1 N–H and O–H groups in total. The summed E-state index contributed by atoms with van der Waals surface area (Å²) < 4.78 is 12.6. The molecule has 5 rings (SSSR count). The van der Waals surface area contributed by atoms with Gasteiger partial charge in [0.1, 0.15) is 5.82 Å². The number of rotatable bonds is 2. The van der Waals surface area contributed by atoms with Crippen molar-refractivity contribution in [2.75, 3.05) is 12.1 Å². The van der Waals surface area contributed by atoms with Crippen molar-refractivity contribution >= 4 is 23.3 Å². The Morgan fingerprint density at radius 3 is 2.89 bits per heavy atom. The van der Waals surface area contributed by atoms with Crippen molar-refractivity contribution in [1.82, 2.24) is 9.78 Å². The minimum Gasteiger partial charge on any atom is -0.454 e. The average Bonchev–Trinajstić information content (AvgIpc) is 3.25. The molecule has 1 amide bonds. The molecule has 0 unspecified atom stereocenters. The van der Waals surface area contributed by atoms with E-state index in [0.717, 1.165) is 28.3 Å². The number of aryl methyl sites for hydroxylation is 1. The fourth-order valence-electron chi connectivity index (χ4n) is 3.76. The van der Waals surface area contributed by atoms with Gasteiger partial charge in [0.2, 0.25) is 12.7 Å². The summed E-state index contributed by atoms with van der Waals surface area (Å²) in [5.74, 6) is 1.98. The van der Waals surface area contributed by atoms with Crippen molar-refractivity contribution in [3.8, 4) is 17.2 Å². The number of carbonyl (C=O) groups is 1. The van der Waals surface area contributed by atoms with Crippen molar-refractivity contribution in [1.29, 1.82) is 0 Å². The topological polar surface area (TPSA) is 65.4 Å². The van der Waals surface area contributed by atoms with Gasteiger partial charge in [0.25, 0.3) is 0 Å². The van der Waals surface area contributed by atoms with Gasteiger partial charge in [0, 0.05) is 22.9 Å². The first-order valence-electron chi connectivity index (χ1n) is 8.65. The number of hydrogen-bond donors (Lipinski definition) is 1. The monoisotopic (exact) mass is 381 g/mol. The molecular formula is C20H16ClN3O3. The molecule has 0 fully saturated rings. The van der Waals surface area contributed by atoms with Gasteiger partial charge in [-0.1, -0.05) is 23.7 Å². The van der Waals surface area contributed by atoms with Crippen LogP contribution in [0.3, 0.4) is 0 Å². The molecule has 0 aliphatic carbocycles. The van der Waals surface area contributed by atoms with Crippen molar-refractivity contribution in [2.45, 2.75) is 19.3 Å². The highest BCUT2D eigenvalue weighted by Crippen LogP contribution is 2.43. The zero-order chi connectivity index (χ0) is 18.5. The Hall–Kier alpha value is -2.99. The second kappa shape index (κ2) is 6.03. The Kier molecular flexibility index (Phi) is 3.62. The standard InChI is InChI=1S/C20H16ClN3O3/c1-11-19-15(12-5-6-16-17(7-12)27-10-26-16)9-18(25)22-20(19)24(23-11)14-4-2-3-13(21)8-14/h2-8,15H,9-10H2,1H3,(H,22,25)/t15-/m0/s1. The lowest BCUT2D eigenvalue weighted by molar-refractivity contribution is -0.116. The molecule has 0 saturated heterocycles. The third-order valence-electron chi connectivity index (χ3n) is 4.95. The highest BCUT2D eigenvalue weighted by Gasteiger charge is 2.33. The molecule has 7 heteroatoms. The van der Waals surface area contributed by atoms with Gasteiger partial charge in [-0.25, -0.2) is 4.68 Å². The van der Waals surface area contributed by atoms with Crippen molar-refractivity contribution in [2.24, 2.45) is 0 Å². The number of nitrogens with one attached hydrogen (secondary N) is 1. The zero-order valence-electron chi connectivity index (χ0n) is 14.5. The molecule has 0 spiro atoms. The zero-order valence-corrected chi connectivity index (χ0v) is 15.3. The number of hydrogen-bond acceptors (Lipinski definition) is 4. The third-order valence-corrected chi connectivity index (χ3v) is 5.19. The van der Waals surface area contributed by atoms with Gasteiger partial charge in [-0.05, 0) is 42.8 Å². The number of anilines is 1. The first-order valence-corrected chi connectivity index (χ1v) is 9.03. The van der Waals surface area contributed by atoms with Gasteiger partial charge in [0.15, 0.2) is 11.5 Å². The lowest BCUT2D eigenvalue weighted by Gasteiger charge is -2.24. The summed E-state index contributed by atoms with van der Waals surface area (Å²) in [6.07, 6.45) is 0.356. The highest BCUT2D eigenvalue weighted by atomic mass is 35.5. The maximum absolute atomic E-state index is 12.5. The molecule has 0 saturated carbocycles. The molecule has 3 aromatic rings. The largest absolute Gasteiger partial charge is 0.454 e. The van der Waals surface area contributed by atoms with E-state index >= 15 is 0 Å². The summed E-state index contributed by atoms with van der Waals surface area (Å²) in [5.41, 5.74) is 3.68. The second-order valence-electron chi connectivity index (χ2n) is 6.66. The van der Waals surface area contributed by atoms with Crippen LogP contribution in [0.2, 0.25) is 5.02 Å². The van der Waals surface area contributed by atoms with E-state index in [2.05, 4.69) is 10.4 Å². The molecule has 6 nitrogen and oxygen atoms in total. The summed E-state index contributed by atoms with van der Waals surface area (Å²) in [7, 11) is 0. The molecule has 1 atom stereocenters. The number of amides is 1. The average molecular weight is 382 g/mol. The SMILES string of the molecule is Cc1nn(-c2cccc(Cl)c2)c2c1[C@H](c1ccc3c(c1)OCO3)CC(=O)N2. The van der Waals surface area contributed by atoms with Crippen LogP contribution in [0.15, 0.2) is 42.5 Å². The Bertz CT molecular complexity index is 1080. The summed E-state index contributed by atoms with van der Waals surface area (Å²) in [6, 6.07) is 13.2. The smallest absolute Gasteiger partial charge is 0.231 e. The van der Waals surface area contributed by atoms with Gasteiger partial charge >= 0.3 is 0 Å². The Balaban J connectivity index is 1.65. The Morgan fingerprint density at radius 2 is 2.04 bits per heavy atom. The molecule has 0 bridgehead atoms. The molecule has 2 aliphatic rings. The normalized spacial score (nSPS) is 17.6. The number of aromatic nitrogens is 2. The third kappa shape index (κ3) is 2.64. The van der Waals surface area contributed by atoms with Gasteiger partial charge < -0.3 is 14.8 Å². The quantitative estimate of drug-likeness (QED) is 0.727. The van der Waals surface area contributed by atoms with Crippen LogP contribution in [0, 0.1) is 6.92 Å². The number of fused-ring (bicyclic) bond motifs is 2. The molecular weight excluding hydrogens is 366 g/mol. The van der Waals surface area contributed by atoms with Crippen LogP contribution in [0.4, 0.5) is 5.82 Å². The van der Waals surface area contributed by atoms with Gasteiger partial charge in [-0.3, -0.25) is 4.79 Å². The first-order chi connectivity index (χ1) is 13.1. The van der Waals surface area contributed by atoms with Crippen LogP contribution in [0.5, 0.6) is 11.5 Å². The van der Waals surface area contributed by atoms with Crippen molar-refractivity contribution in [3.05, 3.63) is 64.3 Å². The predicted molar refractivity (Wildman–Crippen MR) is 101 cm³/mol. The summed E-state index contributed by atoms with van der Waals surface area (Å²) in [5, 5.41) is 8.27. The Labute approximate surface area is 160 Å². The molecule has 1 aromatic heterocycles. The summed E-state index contributed by atoms with van der Waals surface area (Å²) in [4.78, 5) is 12.5. The number of benzene rings is 2. The van der Waals surface area contributed by atoms with Gasteiger partial charge in [-0.2, -0.15) is 5.10 Å². The lowest BCUT2D eigenvalue weighted by atomic mass is 9.85. The number of carbonyl (C=O) groups excluding carboxylic acids is 1. The predicted octanol–water partition coefficient (Wildman–Crippen LogP) is 4.04. The van der Waals surface area contributed by atoms with Crippen LogP contribution in [-0.2, 0) is 4.79 Å². The fourth-order valence-corrected chi connectivity index (χ4v) is 3.94. The van der Waals surface area contributed by atoms with Crippen LogP contribution in [-0.4, -0.2) is 22.5 Å². The van der Waals surface area contributed by atoms with Crippen LogP contribution in [0.25, 0.3) is 5.69 Å². The van der Waals surface area contributed by atoms with Crippen LogP contribution >= 0.6 is 11.6 Å². The van der Waals surface area contributed by atoms with E-state index in [4.69, 9.17) is 21.1 Å². The van der Waals surface area contributed by atoms with Gasteiger partial charge in [0.05, 0.1) is 11.4 Å². The number of halogens is 1. The summed E-state index contributed by atoms with van der Waals surface area (Å²) >= 11 is 6.14. The van der Waals surface area contributed by atoms with Gasteiger partial charge in [-0.15, -0.1) is 0 Å².